The fraction of sp³-hybridized carbons (Fsp3) is 0.500. The van der Waals surface area contributed by atoms with Gasteiger partial charge in [0, 0.05) is 0 Å². The molecule has 0 amide bonds. The second kappa shape index (κ2) is 10.8. The first-order chi connectivity index (χ1) is 2.27. The Hall–Kier alpha value is 1.92. The fourth-order valence-electron chi connectivity index (χ4n) is 0. The van der Waals surface area contributed by atoms with Crippen LogP contribution in [0.2, 0.25) is 0 Å². The monoisotopic (exact) mass is 423 g/mol. The second-order valence-electron chi connectivity index (χ2n) is 0.594. The molecule has 2 N–H and O–H groups in total. The van der Waals surface area contributed by atoms with Crippen molar-refractivity contribution in [2.24, 2.45) is 0 Å². The minimum atomic E-state index is -0.184. The van der Waals surface area contributed by atoms with E-state index in [9.17, 15) is 4.79 Å². The van der Waals surface area contributed by atoms with Crippen LogP contribution >= 0.6 is 0 Å². The van der Waals surface area contributed by atoms with Gasteiger partial charge in [-0.05, 0) is 0 Å². The SMILES string of the molecule is CC(=O)[O][Pb].O.[Ba+2]. The van der Waals surface area contributed by atoms with Crippen LogP contribution in [0, 0.1) is 0 Å². The number of carbonyl (C=O) groups is 1. The molecular formula is C2H5BaO3Pb+2. The van der Waals surface area contributed by atoms with Crippen LogP contribution in [0.25, 0.3) is 0 Å². The molecule has 0 aromatic carbocycles. The molecule has 0 heterocycles. The molecule has 0 spiro atoms. The van der Waals surface area contributed by atoms with Crippen LogP contribution in [0.4, 0.5) is 0 Å². The summed E-state index contributed by atoms with van der Waals surface area (Å²) in [6, 6.07) is 0. The molecule has 7 heavy (non-hydrogen) atoms. The van der Waals surface area contributed by atoms with Crippen molar-refractivity contribution in [2.75, 3.05) is 0 Å². The van der Waals surface area contributed by atoms with E-state index in [4.69, 9.17) is 0 Å². The molecule has 0 aliphatic heterocycles. The Bertz CT molecular complexity index is 48.2. The van der Waals surface area contributed by atoms with Gasteiger partial charge in [0.05, 0.1) is 0 Å². The summed E-state index contributed by atoms with van der Waals surface area (Å²) in [5.74, 6) is -0.184. The normalized spacial score (nSPS) is 4.86. The Morgan fingerprint density at radius 2 is 1.86 bits per heavy atom. The third kappa shape index (κ3) is 18.1. The summed E-state index contributed by atoms with van der Waals surface area (Å²) in [4.78, 5) is 9.62. The van der Waals surface area contributed by atoms with Gasteiger partial charge in [0.25, 0.3) is 0 Å². The average Bonchev–Trinajstić information content (AvgIpc) is 1.38. The van der Waals surface area contributed by atoms with Crippen molar-refractivity contribution in [1.29, 1.82) is 0 Å². The molecule has 0 aliphatic carbocycles. The van der Waals surface area contributed by atoms with E-state index in [-0.39, 0.29) is 60.3 Å². The zero-order valence-corrected chi connectivity index (χ0v) is 12.4. The van der Waals surface area contributed by atoms with Gasteiger partial charge >= 0.3 is 95.5 Å². The van der Waals surface area contributed by atoms with E-state index in [1.54, 1.807) is 0 Å². The predicted molar refractivity (Wildman–Crippen MR) is 26.9 cm³/mol. The minimum absolute atomic E-state index is 0. The Kier molecular flexibility index (Phi) is 24.7. The number of carbonyl (C=O) groups excluding carboxylic acids is 1. The quantitative estimate of drug-likeness (QED) is 0.444. The van der Waals surface area contributed by atoms with Crippen LogP contribution < -0.4 is 0 Å². The predicted octanol–water partition coefficient (Wildman–Crippen LogP) is -1.57. The van der Waals surface area contributed by atoms with E-state index in [2.05, 4.69) is 2.69 Å². The van der Waals surface area contributed by atoms with E-state index in [1.807, 2.05) is 0 Å². The first kappa shape index (κ1) is 16.0. The Balaban J connectivity index is -0.0000000800. The van der Waals surface area contributed by atoms with Crippen molar-refractivity contribution < 1.29 is 13.0 Å². The van der Waals surface area contributed by atoms with Crippen molar-refractivity contribution >= 4 is 81.1 Å². The van der Waals surface area contributed by atoms with Gasteiger partial charge in [-0.15, -0.1) is 0 Å². The van der Waals surface area contributed by atoms with E-state index in [1.165, 1.54) is 6.92 Å². The summed E-state index contributed by atoms with van der Waals surface area (Å²) in [6.45, 7) is 1.40. The number of hydrogen-bond donors (Lipinski definition) is 0. The molecule has 0 fully saturated rings. The summed E-state index contributed by atoms with van der Waals surface area (Å²) < 4.78 is 4.25. The van der Waals surface area contributed by atoms with Crippen molar-refractivity contribution in [1.82, 2.24) is 0 Å². The molecule has 0 atom stereocenters. The topological polar surface area (TPSA) is 57.8 Å². The number of rotatable bonds is 0. The van der Waals surface area contributed by atoms with Crippen molar-refractivity contribution in [3.8, 4) is 0 Å². The molecule has 0 aromatic heterocycles. The van der Waals surface area contributed by atoms with Gasteiger partial charge < -0.3 is 5.48 Å². The third-order valence-corrected chi connectivity index (χ3v) is 1.26. The first-order valence-corrected chi connectivity index (χ1v) is 2.70. The Morgan fingerprint density at radius 1 is 1.71 bits per heavy atom. The zero-order chi connectivity index (χ0) is 4.28. The van der Waals surface area contributed by atoms with Gasteiger partial charge in [0.2, 0.25) is 0 Å². The average molecular weight is 422 g/mol. The third-order valence-electron chi connectivity index (χ3n) is 0.144. The molecule has 0 saturated carbocycles. The summed E-state index contributed by atoms with van der Waals surface area (Å²) in [7, 11) is 0. The largest absolute Gasteiger partial charge is 2.00 e. The van der Waals surface area contributed by atoms with Crippen LogP contribution in [0.1, 0.15) is 6.92 Å². The fourth-order valence-corrected chi connectivity index (χ4v) is 0. The van der Waals surface area contributed by atoms with Crippen molar-refractivity contribution in [3.05, 3.63) is 0 Å². The molecular weight excluding hydrogens is 417 g/mol. The van der Waals surface area contributed by atoms with Crippen LogP contribution in [0.5, 0.6) is 0 Å². The van der Waals surface area contributed by atoms with E-state index < -0.39 is 0 Å². The molecule has 3 nitrogen and oxygen atoms in total. The molecule has 0 bridgehead atoms. The summed E-state index contributed by atoms with van der Waals surface area (Å²) >= 11 is 0.524. The van der Waals surface area contributed by atoms with E-state index in [0.717, 1.165) is 0 Å². The summed E-state index contributed by atoms with van der Waals surface area (Å²) in [5.41, 5.74) is 0. The van der Waals surface area contributed by atoms with Gasteiger partial charge in [0.1, 0.15) is 0 Å². The van der Waals surface area contributed by atoms with Crippen molar-refractivity contribution in [3.63, 3.8) is 0 Å². The first-order valence-electron chi connectivity index (χ1n) is 1.11. The van der Waals surface area contributed by atoms with Gasteiger partial charge in [-0.2, -0.15) is 0 Å². The van der Waals surface area contributed by atoms with E-state index in [0.29, 0.717) is 26.2 Å². The summed E-state index contributed by atoms with van der Waals surface area (Å²) in [6.07, 6.45) is 0. The number of hydrogen-bond acceptors (Lipinski definition) is 2. The molecule has 3 radical (unpaired) electrons. The maximum absolute atomic E-state index is 9.62. The molecule has 35 valence electrons. The maximum Gasteiger partial charge on any atom is 2.00 e. The van der Waals surface area contributed by atoms with Crippen molar-refractivity contribution in [2.45, 2.75) is 6.92 Å². The molecule has 0 aromatic rings. The van der Waals surface area contributed by atoms with Gasteiger partial charge in [-0.3, -0.25) is 0 Å². The molecule has 0 rings (SSSR count). The second-order valence-corrected chi connectivity index (χ2v) is 1.39. The molecule has 0 unspecified atom stereocenters. The van der Waals surface area contributed by atoms with E-state index >= 15 is 0 Å². The van der Waals surface area contributed by atoms with Gasteiger partial charge in [0.15, 0.2) is 0 Å². The zero-order valence-electron chi connectivity index (χ0n) is 4.02. The maximum atomic E-state index is 9.62. The minimum Gasteiger partial charge on any atom is -0.412 e. The van der Waals surface area contributed by atoms with Crippen LogP contribution in [0.3, 0.4) is 0 Å². The van der Waals surface area contributed by atoms with Crippen LogP contribution in [-0.4, -0.2) is 86.5 Å². The summed E-state index contributed by atoms with van der Waals surface area (Å²) in [5, 5.41) is 0. The van der Waals surface area contributed by atoms with Gasteiger partial charge in [-0.25, -0.2) is 0 Å². The van der Waals surface area contributed by atoms with Gasteiger partial charge in [-0.1, -0.05) is 0 Å². The molecule has 5 heteroatoms. The molecule has 0 aliphatic rings. The Labute approximate surface area is 98.9 Å². The Morgan fingerprint density at radius 3 is 1.86 bits per heavy atom. The van der Waals surface area contributed by atoms with Crippen LogP contribution in [-0.2, 0) is 7.48 Å². The van der Waals surface area contributed by atoms with Crippen LogP contribution in [0.15, 0.2) is 0 Å². The standard InChI is InChI=1S/C2H4O2.Ba.H2O.Pb/c1-2(3)4;;;/h1H3,(H,3,4);;1H2;/q;+2;;+1/p-1. The molecule has 0 saturated heterocycles. The smallest absolute Gasteiger partial charge is 0.412 e.